The average molecular weight is 417 g/mol. The molecule has 0 radical (unpaired) electrons. The molecule has 4 rings (SSSR count). The van der Waals surface area contributed by atoms with Crippen molar-refractivity contribution in [3.05, 3.63) is 11.6 Å². The fraction of sp³-hybridized carbons (Fsp3) is 0.889. The van der Waals surface area contributed by atoms with E-state index in [1.54, 1.807) is 5.57 Å². The minimum atomic E-state index is -0.651. The molecule has 3 fully saturated rings. The Balaban J connectivity index is 1.44. The van der Waals surface area contributed by atoms with Gasteiger partial charge in [-0.2, -0.15) is 0 Å². The molecule has 0 bridgehead atoms. The van der Waals surface area contributed by atoms with Crippen LogP contribution in [0.2, 0.25) is 0 Å². The van der Waals surface area contributed by atoms with Crippen LogP contribution in [0.5, 0.6) is 0 Å². The van der Waals surface area contributed by atoms with Crippen molar-refractivity contribution in [2.75, 3.05) is 0 Å². The number of aliphatic carboxylic acids is 1. The number of fused-ring (bicyclic) bond motifs is 5. The molecule has 2 unspecified atom stereocenters. The van der Waals surface area contributed by atoms with E-state index in [4.69, 9.17) is 5.11 Å². The van der Waals surface area contributed by atoms with E-state index in [1.807, 2.05) is 6.92 Å². The first-order chi connectivity index (χ1) is 14.2. The summed E-state index contributed by atoms with van der Waals surface area (Å²) >= 11 is 0. The number of hydrogen-bond donors (Lipinski definition) is 2. The van der Waals surface area contributed by atoms with Crippen molar-refractivity contribution in [1.29, 1.82) is 0 Å². The van der Waals surface area contributed by atoms with Gasteiger partial charge in [0, 0.05) is 0 Å². The van der Waals surface area contributed by atoms with Gasteiger partial charge in [-0.25, -0.2) is 0 Å². The summed E-state index contributed by atoms with van der Waals surface area (Å²) in [7, 11) is 0. The van der Waals surface area contributed by atoms with Gasteiger partial charge in [-0.1, -0.05) is 52.2 Å². The van der Waals surface area contributed by atoms with E-state index in [0.29, 0.717) is 16.7 Å². The Kier molecular flexibility index (Phi) is 6.16. The van der Waals surface area contributed by atoms with Crippen LogP contribution in [0.3, 0.4) is 0 Å². The first kappa shape index (κ1) is 22.4. The fourth-order valence-electron chi connectivity index (χ4n) is 8.69. The van der Waals surface area contributed by atoms with Crippen molar-refractivity contribution < 1.29 is 15.0 Å². The summed E-state index contributed by atoms with van der Waals surface area (Å²) in [6.45, 7) is 9.41. The number of carboxylic acid groups (broad SMARTS) is 1. The molecular weight excluding hydrogens is 372 g/mol. The van der Waals surface area contributed by atoms with Crippen LogP contribution < -0.4 is 0 Å². The maximum absolute atomic E-state index is 11.1. The molecule has 0 spiro atoms. The van der Waals surface area contributed by atoms with E-state index < -0.39 is 5.97 Å². The van der Waals surface area contributed by atoms with Gasteiger partial charge in [0.25, 0.3) is 0 Å². The maximum Gasteiger partial charge on any atom is 0.306 e. The molecule has 3 heteroatoms. The molecule has 0 heterocycles. The van der Waals surface area contributed by atoms with Crippen molar-refractivity contribution in [2.45, 2.75) is 104 Å². The highest BCUT2D eigenvalue weighted by atomic mass is 16.4. The Bertz CT molecular complexity index is 684. The lowest BCUT2D eigenvalue weighted by atomic mass is 9.47. The van der Waals surface area contributed by atoms with Gasteiger partial charge >= 0.3 is 5.97 Å². The fourth-order valence-corrected chi connectivity index (χ4v) is 8.69. The van der Waals surface area contributed by atoms with Crippen LogP contribution in [0.4, 0.5) is 0 Å². The molecule has 4 aliphatic carbocycles. The zero-order valence-corrected chi connectivity index (χ0v) is 19.7. The van der Waals surface area contributed by atoms with Crippen LogP contribution in [0, 0.1) is 46.3 Å². The largest absolute Gasteiger partial charge is 0.481 e. The molecule has 30 heavy (non-hydrogen) atoms. The molecular formula is C27H44O3. The topological polar surface area (TPSA) is 57.5 Å². The maximum atomic E-state index is 11.1. The molecule has 3 nitrogen and oxygen atoms in total. The number of aliphatic hydroxyl groups excluding tert-OH is 1. The molecule has 0 aromatic heterocycles. The van der Waals surface area contributed by atoms with Crippen LogP contribution >= 0.6 is 0 Å². The van der Waals surface area contributed by atoms with E-state index in [-0.39, 0.29) is 12.0 Å². The number of allylic oxidation sites excluding steroid dienone is 1. The minimum absolute atomic E-state index is 0.115. The third-order valence-electron chi connectivity index (χ3n) is 10.6. The molecule has 0 aromatic carbocycles. The van der Waals surface area contributed by atoms with E-state index in [2.05, 4.69) is 26.8 Å². The van der Waals surface area contributed by atoms with E-state index in [1.165, 1.54) is 44.9 Å². The van der Waals surface area contributed by atoms with Crippen molar-refractivity contribution in [3.63, 3.8) is 0 Å². The Labute approximate surface area is 183 Å². The standard InChI is InChI=1S/C27H44O3/c1-17(6-5-7-18(2)25(29)30)22-10-11-23-21-9-8-19-16-20(28)12-14-26(19,3)24(21)13-15-27(22,23)4/h8,17-18,20-24,28H,5-7,9-16H2,1-4H3,(H,29,30)/t17?,18?,20-,21-,22+,23-,24-,26-,27+/m0/s1. The van der Waals surface area contributed by atoms with Crippen LogP contribution in [-0.4, -0.2) is 22.3 Å². The second-order valence-corrected chi connectivity index (χ2v) is 12.0. The van der Waals surface area contributed by atoms with Gasteiger partial charge in [0.15, 0.2) is 0 Å². The first-order valence-electron chi connectivity index (χ1n) is 12.8. The second-order valence-electron chi connectivity index (χ2n) is 12.0. The highest BCUT2D eigenvalue weighted by molar-refractivity contribution is 5.69. The van der Waals surface area contributed by atoms with Crippen LogP contribution in [0.15, 0.2) is 11.6 Å². The molecule has 0 aliphatic heterocycles. The van der Waals surface area contributed by atoms with E-state index in [0.717, 1.165) is 49.4 Å². The smallest absolute Gasteiger partial charge is 0.306 e. The summed E-state index contributed by atoms with van der Waals surface area (Å²) in [6, 6.07) is 0. The summed E-state index contributed by atoms with van der Waals surface area (Å²) in [5, 5.41) is 19.4. The van der Waals surface area contributed by atoms with Gasteiger partial charge in [0.05, 0.1) is 12.0 Å². The van der Waals surface area contributed by atoms with Crippen LogP contribution in [0.1, 0.15) is 98.3 Å². The van der Waals surface area contributed by atoms with Crippen molar-refractivity contribution in [1.82, 2.24) is 0 Å². The predicted octanol–water partition coefficient (Wildman–Crippen LogP) is 6.45. The van der Waals surface area contributed by atoms with Gasteiger partial charge < -0.3 is 10.2 Å². The lowest BCUT2D eigenvalue weighted by molar-refractivity contribution is -0.141. The quantitative estimate of drug-likeness (QED) is 0.489. The van der Waals surface area contributed by atoms with Gasteiger partial charge in [0.2, 0.25) is 0 Å². The summed E-state index contributed by atoms with van der Waals surface area (Å²) in [6.07, 6.45) is 15.2. The summed E-state index contributed by atoms with van der Waals surface area (Å²) in [4.78, 5) is 11.1. The molecule has 3 saturated carbocycles. The van der Waals surface area contributed by atoms with E-state index in [9.17, 15) is 9.90 Å². The van der Waals surface area contributed by atoms with Crippen LogP contribution in [0.25, 0.3) is 0 Å². The molecule has 4 aliphatic rings. The zero-order valence-electron chi connectivity index (χ0n) is 19.7. The highest BCUT2D eigenvalue weighted by Gasteiger charge is 2.59. The number of carbonyl (C=O) groups is 1. The second kappa shape index (κ2) is 8.26. The molecule has 0 saturated heterocycles. The number of aliphatic hydroxyl groups is 1. The predicted molar refractivity (Wildman–Crippen MR) is 121 cm³/mol. The zero-order chi connectivity index (χ0) is 21.7. The van der Waals surface area contributed by atoms with Gasteiger partial charge in [-0.15, -0.1) is 0 Å². The normalized spacial score (nSPS) is 45.0. The lowest BCUT2D eigenvalue weighted by Crippen LogP contribution is -2.50. The SMILES string of the molecule is CC(CCCC(C)[C@H]1CC[C@H]2[C@@H]3CC=C4C[C@@H](O)CC[C@]4(C)[C@H]3CC[C@]12C)C(=O)O. The molecule has 170 valence electrons. The molecule has 2 N–H and O–H groups in total. The van der Waals surface area contributed by atoms with Crippen molar-refractivity contribution in [2.24, 2.45) is 46.3 Å². The molecule has 0 amide bonds. The summed E-state index contributed by atoms with van der Waals surface area (Å²) < 4.78 is 0. The third-order valence-corrected chi connectivity index (χ3v) is 10.6. The summed E-state index contributed by atoms with van der Waals surface area (Å²) in [5.74, 6) is 3.14. The summed E-state index contributed by atoms with van der Waals surface area (Å²) in [5.41, 5.74) is 2.37. The van der Waals surface area contributed by atoms with Crippen molar-refractivity contribution >= 4 is 5.97 Å². The van der Waals surface area contributed by atoms with Gasteiger partial charge in [0.1, 0.15) is 0 Å². The monoisotopic (exact) mass is 416 g/mol. The number of hydrogen-bond acceptors (Lipinski definition) is 2. The minimum Gasteiger partial charge on any atom is -0.481 e. The Morgan fingerprint density at radius 2 is 1.87 bits per heavy atom. The Morgan fingerprint density at radius 3 is 2.60 bits per heavy atom. The first-order valence-corrected chi connectivity index (χ1v) is 12.8. The third kappa shape index (κ3) is 3.67. The van der Waals surface area contributed by atoms with Crippen molar-refractivity contribution in [3.8, 4) is 0 Å². The van der Waals surface area contributed by atoms with Gasteiger partial charge in [-0.3, -0.25) is 4.79 Å². The lowest BCUT2D eigenvalue weighted by Gasteiger charge is -2.58. The number of carboxylic acids is 1. The Morgan fingerprint density at radius 1 is 1.10 bits per heavy atom. The Hall–Kier alpha value is -0.830. The van der Waals surface area contributed by atoms with Gasteiger partial charge in [-0.05, 0) is 98.2 Å². The molecule has 9 atom stereocenters. The van der Waals surface area contributed by atoms with E-state index >= 15 is 0 Å². The number of rotatable bonds is 6. The highest BCUT2D eigenvalue weighted by Crippen LogP contribution is 2.67. The van der Waals surface area contributed by atoms with Crippen LogP contribution in [-0.2, 0) is 4.79 Å². The average Bonchev–Trinajstić information content (AvgIpc) is 3.05. The molecule has 0 aromatic rings.